The number of aliphatic hydroxyl groups is 1. The normalized spacial score (nSPS) is 16.1. The molecule has 3 aromatic heterocycles. The largest absolute Gasteiger partial charge is 0.488 e. The Hall–Kier alpha value is -5.05. The first-order chi connectivity index (χ1) is 24.4. The maximum absolute atomic E-state index is 13.7. The van der Waals surface area contributed by atoms with E-state index in [1.807, 2.05) is 17.2 Å². The average molecular weight is 699 g/mol. The Morgan fingerprint density at radius 3 is 2.78 bits per heavy atom. The van der Waals surface area contributed by atoms with Crippen LogP contribution in [0.4, 0.5) is 10.1 Å². The van der Waals surface area contributed by atoms with Gasteiger partial charge in [0, 0.05) is 54.9 Å². The van der Waals surface area contributed by atoms with Crippen molar-refractivity contribution in [2.75, 3.05) is 51.3 Å². The third-order valence-electron chi connectivity index (χ3n) is 8.78. The molecule has 0 spiro atoms. The molecule has 1 atom stereocenters. The summed E-state index contributed by atoms with van der Waals surface area (Å²) in [4.78, 5) is 41.6. The molecular weight excluding hydrogens is 660 g/mol. The lowest BCUT2D eigenvalue weighted by atomic mass is 10.1. The number of anilines is 1. The maximum atomic E-state index is 13.7. The van der Waals surface area contributed by atoms with Crippen molar-refractivity contribution in [3.8, 4) is 27.7 Å². The Morgan fingerprint density at radius 2 is 2.04 bits per heavy atom. The zero-order chi connectivity index (χ0) is 34.9. The third-order valence-corrected chi connectivity index (χ3v) is 9.85. The van der Waals surface area contributed by atoms with Gasteiger partial charge in [-0.05, 0) is 73.3 Å². The van der Waals surface area contributed by atoms with E-state index in [0.29, 0.717) is 42.3 Å². The molecule has 5 heterocycles. The van der Waals surface area contributed by atoms with Crippen LogP contribution in [0.15, 0.2) is 67.1 Å². The standard InChI is InChI=1S/C20H25N5OS.C16H14FN3O3/c1-2-15-4-9-24(13-15)14-18(26)25-10-5-16(6-11-25)20-23-12-17(27-20)19-21-7-3-8-22-19;17-13-3-1-10(7-15(13)23-6-5-21)16-12-8-11(18-9-22)2-4-14(12)19-20-16/h3,5,7-8,12,15H,2,4,6,9-11,13-14H2,1H3;1-4,7-9,21H,5-6H2,(H,18,22)(H,19,20). The number of hydrogen-bond donors (Lipinski definition) is 3. The SMILES string of the molecule is CCC1CCN(CC(=O)N2CC=C(c3ncc(-c4ncccn4)s3)CC2)C1.O=CNc1ccc2[nH]nc(-c3ccc(F)c(OCCO)c3)c2c1. The number of nitrogens with one attached hydrogen (secondary N) is 2. The molecular formula is C36H39FN8O4S. The number of H-pyrrole nitrogens is 1. The summed E-state index contributed by atoms with van der Waals surface area (Å²) in [7, 11) is 0. The van der Waals surface area contributed by atoms with Crippen LogP contribution in [0.3, 0.4) is 0 Å². The molecule has 2 aliphatic rings. The zero-order valence-electron chi connectivity index (χ0n) is 27.7. The van der Waals surface area contributed by atoms with Gasteiger partial charge >= 0.3 is 0 Å². The van der Waals surface area contributed by atoms with Crippen LogP contribution < -0.4 is 10.1 Å². The van der Waals surface area contributed by atoms with Crippen LogP contribution in [-0.4, -0.2) is 98.3 Å². The topological polar surface area (TPSA) is 149 Å². The van der Waals surface area contributed by atoms with Crippen LogP contribution in [0.1, 0.15) is 31.2 Å². The van der Waals surface area contributed by atoms with Gasteiger partial charge in [-0.15, -0.1) is 11.3 Å². The van der Waals surface area contributed by atoms with E-state index in [4.69, 9.17) is 9.84 Å². The molecule has 2 amide bonds. The van der Waals surface area contributed by atoms with Gasteiger partial charge in [-0.1, -0.05) is 19.4 Å². The van der Waals surface area contributed by atoms with Crippen LogP contribution in [0, 0.1) is 11.7 Å². The van der Waals surface area contributed by atoms with E-state index >= 15 is 0 Å². The average Bonchev–Trinajstić information content (AvgIpc) is 3.93. The number of benzene rings is 2. The number of aromatic nitrogens is 5. The number of fused-ring (bicyclic) bond motifs is 1. The molecule has 2 aliphatic heterocycles. The molecule has 5 aromatic rings. The van der Waals surface area contributed by atoms with Gasteiger partial charge in [0.05, 0.1) is 23.5 Å². The van der Waals surface area contributed by atoms with Crippen molar-refractivity contribution in [1.29, 1.82) is 0 Å². The van der Waals surface area contributed by atoms with E-state index in [9.17, 15) is 14.0 Å². The van der Waals surface area contributed by atoms with Crippen molar-refractivity contribution < 1.29 is 23.8 Å². The summed E-state index contributed by atoms with van der Waals surface area (Å²) in [5.74, 6) is 1.27. The highest BCUT2D eigenvalue weighted by atomic mass is 32.1. The molecule has 14 heteroatoms. The molecule has 2 aromatic carbocycles. The number of aliphatic hydroxyl groups excluding tert-OH is 1. The zero-order valence-corrected chi connectivity index (χ0v) is 28.5. The Bertz CT molecular complexity index is 1950. The minimum absolute atomic E-state index is 0.00902. The summed E-state index contributed by atoms with van der Waals surface area (Å²) in [5.41, 5.74) is 3.92. The van der Waals surface area contributed by atoms with E-state index < -0.39 is 5.82 Å². The lowest BCUT2D eigenvalue weighted by Crippen LogP contribution is -2.41. The second kappa shape index (κ2) is 16.6. The summed E-state index contributed by atoms with van der Waals surface area (Å²) in [6, 6.07) is 11.5. The van der Waals surface area contributed by atoms with Gasteiger partial charge in [0.1, 0.15) is 17.3 Å². The fourth-order valence-electron chi connectivity index (χ4n) is 6.03. The monoisotopic (exact) mass is 698 g/mol. The van der Waals surface area contributed by atoms with Crippen molar-refractivity contribution in [1.82, 2.24) is 34.9 Å². The van der Waals surface area contributed by atoms with Crippen molar-refractivity contribution in [2.45, 2.75) is 26.2 Å². The van der Waals surface area contributed by atoms with E-state index in [2.05, 4.69) is 48.4 Å². The number of halogens is 1. The molecule has 1 fully saturated rings. The van der Waals surface area contributed by atoms with Crippen molar-refractivity contribution >= 4 is 45.8 Å². The van der Waals surface area contributed by atoms with E-state index in [1.54, 1.807) is 48.0 Å². The lowest BCUT2D eigenvalue weighted by Gasteiger charge is -2.28. The maximum Gasteiger partial charge on any atom is 0.237 e. The Kier molecular flexibility index (Phi) is 11.5. The highest BCUT2D eigenvalue weighted by Crippen LogP contribution is 2.32. The predicted molar refractivity (Wildman–Crippen MR) is 191 cm³/mol. The minimum atomic E-state index is -0.509. The molecule has 1 saturated heterocycles. The molecule has 0 saturated carbocycles. The van der Waals surface area contributed by atoms with Crippen LogP contribution >= 0.6 is 11.3 Å². The van der Waals surface area contributed by atoms with Gasteiger partial charge < -0.3 is 20.1 Å². The van der Waals surface area contributed by atoms with Gasteiger partial charge in [-0.2, -0.15) is 5.10 Å². The smallest absolute Gasteiger partial charge is 0.237 e. The number of nitrogens with zero attached hydrogens (tertiary/aromatic N) is 6. The summed E-state index contributed by atoms with van der Waals surface area (Å²) in [6.07, 6.45) is 11.4. The molecule has 50 heavy (non-hydrogen) atoms. The summed E-state index contributed by atoms with van der Waals surface area (Å²) in [6.45, 7) is 6.18. The second-order valence-electron chi connectivity index (χ2n) is 12.0. The van der Waals surface area contributed by atoms with E-state index in [0.717, 1.165) is 52.8 Å². The number of thiazole rings is 1. The molecule has 3 N–H and O–H groups in total. The first-order valence-electron chi connectivity index (χ1n) is 16.6. The molecule has 12 nitrogen and oxygen atoms in total. The van der Waals surface area contributed by atoms with E-state index in [1.165, 1.54) is 30.5 Å². The summed E-state index contributed by atoms with van der Waals surface area (Å²) >= 11 is 1.61. The van der Waals surface area contributed by atoms with Crippen molar-refractivity contribution in [3.05, 3.63) is 78.0 Å². The number of amides is 2. The van der Waals surface area contributed by atoms with Crippen molar-refractivity contribution in [3.63, 3.8) is 0 Å². The third kappa shape index (κ3) is 8.38. The molecule has 0 bridgehead atoms. The Labute approximate surface area is 293 Å². The first kappa shape index (κ1) is 34.8. The van der Waals surface area contributed by atoms with Crippen molar-refractivity contribution in [2.24, 2.45) is 5.92 Å². The van der Waals surface area contributed by atoms with Gasteiger partial charge in [0.15, 0.2) is 17.4 Å². The van der Waals surface area contributed by atoms with Gasteiger partial charge in [-0.25, -0.2) is 19.3 Å². The number of rotatable bonds is 11. The van der Waals surface area contributed by atoms with Gasteiger partial charge in [0.2, 0.25) is 12.3 Å². The lowest BCUT2D eigenvalue weighted by molar-refractivity contribution is -0.131. The molecule has 1 unspecified atom stereocenters. The Morgan fingerprint density at radius 1 is 1.18 bits per heavy atom. The van der Waals surface area contributed by atoms with Gasteiger partial charge in [0.25, 0.3) is 0 Å². The van der Waals surface area contributed by atoms with Crippen LogP contribution in [0.25, 0.3) is 38.4 Å². The van der Waals surface area contributed by atoms with E-state index in [-0.39, 0.29) is 24.9 Å². The highest BCUT2D eigenvalue weighted by Gasteiger charge is 2.26. The fraction of sp³-hybridized carbons (Fsp3) is 0.333. The molecule has 260 valence electrons. The van der Waals surface area contributed by atoms with Crippen LogP contribution in [0.2, 0.25) is 0 Å². The number of hydrogen-bond acceptors (Lipinski definition) is 10. The second-order valence-corrected chi connectivity index (χ2v) is 13.1. The number of carbonyl (C=O) groups is 2. The summed E-state index contributed by atoms with van der Waals surface area (Å²) in [5, 5.41) is 20.3. The molecule has 7 rings (SSSR count). The van der Waals surface area contributed by atoms with Gasteiger partial charge in [-0.3, -0.25) is 19.6 Å². The number of carbonyl (C=O) groups excluding carboxylic acids is 2. The highest BCUT2D eigenvalue weighted by molar-refractivity contribution is 7.16. The number of aromatic amines is 1. The number of ether oxygens (including phenoxy) is 1. The fourth-order valence-corrected chi connectivity index (χ4v) is 6.96. The Balaban J connectivity index is 0.000000175. The van der Waals surface area contributed by atoms with Crippen LogP contribution in [-0.2, 0) is 9.59 Å². The summed E-state index contributed by atoms with van der Waals surface area (Å²) < 4.78 is 18.9. The first-order valence-corrected chi connectivity index (χ1v) is 17.4. The minimum Gasteiger partial charge on any atom is -0.488 e. The molecule has 0 radical (unpaired) electrons. The quantitative estimate of drug-likeness (QED) is 0.157. The van der Waals surface area contributed by atoms with Crippen LogP contribution in [0.5, 0.6) is 5.75 Å². The predicted octanol–water partition coefficient (Wildman–Crippen LogP) is 5.26. The number of likely N-dealkylation sites (tertiary alicyclic amines) is 1. The molecule has 0 aliphatic carbocycles.